The number of anilines is 2. The van der Waals surface area contributed by atoms with Gasteiger partial charge in [-0.25, -0.2) is 15.0 Å². The van der Waals surface area contributed by atoms with Crippen LogP contribution in [0.25, 0.3) is 21.5 Å². The van der Waals surface area contributed by atoms with Gasteiger partial charge in [-0.15, -0.1) is 11.3 Å². The minimum atomic E-state index is -0.624. The molecule has 0 amide bonds. The van der Waals surface area contributed by atoms with Crippen LogP contribution in [0.2, 0.25) is 0 Å². The summed E-state index contributed by atoms with van der Waals surface area (Å²) < 4.78 is 11.9. The van der Waals surface area contributed by atoms with E-state index >= 15 is 0 Å². The van der Waals surface area contributed by atoms with Gasteiger partial charge in [-0.2, -0.15) is 0 Å². The SMILES string of the molecule is COc1ncc(-c2nc(N3CCOCC3)nc3c(CN4CCC(C(C)(C)O)CC4)c(C)sc23)cc1N. The first-order valence-electron chi connectivity index (χ1n) is 12.6. The van der Waals surface area contributed by atoms with Crippen LogP contribution in [0, 0.1) is 12.8 Å². The highest BCUT2D eigenvalue weighted by Gasteiger charge is 2.31. The number of pyridine rings is 1. The molecule has 0 unspecified atom stereocenters. The fourth-order valence-corrected chi connectivity index (χ4v) is 6.31. The van der Waals surface area contributed by atoms with Crippen molar-refractivity contribution in [3.8, 4) is 17.1 Å². The summed E-state index contributed by atoms with van der Waals surface area (Å²) in [7, 11) is 1.57. The maximum Gasteiger partial charge on any atom is 0.236 e. The van der Waals surface area contributed by atoms with Gasteiger partial charge in [-0.3, -0.25) is 4.90 Å². The van der Waals surface area contributed by atoms with Gasteiger partial charge >= 0.3 is 0 Å². The molecular formula is C26H36N6O3S. The molecule has 9 nitrogen and oxygen atoms in total. The van der Waals surface area contributed by atoms with Crippen molar-refractivity contribution in [3.63, 3.8) is 0 Å². The Labute approximate surface area is 216 Å². The first-order chi connectivity index (χ1) is 17.2. The van der Waals surface area contributed by atoms with E-state index in [0.29, 0.717) is 30.7 Å². The van der Waals surface area contributed by atoms with Crippen LogP contribution >= 0.6 is 11.3 Å². The number of methoxy groups -OCH3 is 1. The third-order valence-electron chi connectivity index (χ3n) is 7.43. The Morgan fingerprint density at radius 2 is 1.92 bits per heavy atom. The predicted molar refractivity (Wildman–Crippen MR) is 144 cm³/mol. The molecule has 5 heterocycles. The average molecular weight is 513 g/mol. The van der Waals surface area contributed by atoms with Crippen molar-refractivity contribution in [2.75, 3.05) is 57.1 Å². The molecule has 0 saturated carbocycles. The van der Waals surface area contributed by atoms with Crippen molar-refractivity contribution in [1.82, 2.24) is 19.9 Å². The summed E-state index contributed by atoms with van der Waals surface area (Å²) in [6, 6.07) is 1.88. The lowest BCUT2D eigenvalue weighted by atomic mass is 9.83. The van der Waals surface area contributed by atoms with Crippen LogP contribution in [0.4, 0.5) is 11.6 Å². The topological polar surface area (TPSA) is 110 Å². The molecule has 10 heteroatoms. The van der Waals surface area contributed by atoms with E-state index in [9.17, 15) is 5.11 Å². The van der Waals surface area contributed by atoms with Gasteiger partial charge in [0.1, 0.15) is 0 Å². The van der Waals surface area contributed by atoms with Crippen LogP contribution in [-0.2, 0) is 11.3 Å². The number of fused-ring (bicyclic) bond motifs is 1. The largest absolute Gasteiger partial charge is 0.480 e. The molecule has 3 aromatic heterocycles. The second-order valence-electron chi connectivity index (χ2n) is 10.3. The molecule has 2 saturated heterocycles. The predicted octanol–water partition coefficient (Wildman–Crippen LogP) is 3.47. The van der Waals surface area contributed by atoms with E-state index in [1.165, 1.54) is 10.4 Å². The molecule has 0 aliphatic carbocycles. The molecule has 3 N–H and O–H groups in total. The van der Waals surface area contributed by atoms with Crippen molar-refractivity contribution >= 4 is 33.2 Å². The summed E-state index contributed by atoms with van der Waals surface area (Å²) in [6.45, 7) is 11.7. The molecule has 0 aromatic carbocycles. The molecular weight excluding hydrogens is 476 g/mol. The molecule has 0 radical (unpaired) electrons. The number of nitrogens with two attached hydrogens (primary N) is 1. The lowest BCUT2D eigenvalue weighted by molar-refractivity contribution is -0.0135. The Kier molecular flexibility index (Phi) is 7.04. The van der Waals surface area contributed by atoms with Gasteiger partial charge in [0.05, 0.1) is 47.5 Å². The van der Waals surface area contributed by atoms with E-state index in [1.807, 2.05) is 19.9 Å². The van der Waals surface area contributed by atoms with Gasteiger partial charge < -0.3 is 25.2 Å². The number of hydrogen-bond acceptors (Lipinski definition) is 10. The molecule has 0 spiro atoms. The van der Waals surface area contributed by atoms with E-state index in [1.54, 1.807) is 24.6 Å². The van der Waals surface area contributed by atoms with E-state index in [0.717, 1.165) is 73.0 Å². The summed E-state index contributed by atoms with van der Waals surface area (Å²) in [5, 5.41) is 10.4. The van der Waals surface area contributed by atoms with Gasteiger partial charge in [0, 0.05) is 41.8 Å². The molecule has 0 atom stereocenters. The lowest BCUT2D eigenvalue weighted by Gasteiger charge is -2.37. The zero-order chi connectivity index (χ0) is 25.4. The molecule has 0 bridgehead atoms. The Morgan fingerprint density at radius 1 is 1.19 bits per heavy atom. The first kappa shape index (κ1) is 25.1. The number of aliphatic hydroxyl groups is 1. The fraction of sp³-hybridized carbons (Fsp3) is 0.577. The van der Waals surface area contributed by atoms with Gasteiger partial charge in [-0.05, 0) is 58.7 Å². The third-order valence-corrected chi connectivity index (χ3v) is 8.57. The Morgan fingerprint density at radius 3 is 2.56 bits per heavy atom. The quantitative estimate of drug-likeness (QED) is 0.513. The normalized spacial score (nSPS) is 18.2. The average Bonchev–Trinajstić information content (AvgIpc) is 3.18. The highest BCUT2D eigenvalue weighted by atomic mass is 32.1. The fourth-order valence-electron chi connectivity index (χ4n) is 5.20. The van der Waals surface area contributed by atoms with E-state index in [4.69, 9.17) is 25.2 Å². The van der Waals surface area contributed by atoms with Crippen LogP contribution in [0.15, 0.2) is 12.3 Å². The zero-order valence-electron chi connectivity index (χ0n) is 21.6. The molecule has 2 aliphatic heterocycles. The van der Waals surface area contributed by atoms with Gasteiger partial charge in [0.2, 0.25) is 11.8 Å². The molecule has 3 aromatic rings. The van der Waals surface area contributed by atoms with Gasteiger partial charge in [0.25, 0.3) is 0 Å². The maximum absolute atomic E-state index is 10.4. The summed E-state index contributed by atoms with van der Waals surface area (Å²) in [5.41, 5.74) is 10.0. The van der Waals surface area contributed by atoms with E-state index in [2.05, 4.69) is 21.7 Å². The van der Waals surface area contributed by atoms with Crippen LogP contribution in [0.3, 0.4) is 0 Å². The second-order valence-corrected chi connectivity index (χ2v) is 11.5. The molecule has 36 heavy (non-hydrogen) atoms. The summed E-state index contributed by atoms with van der Waals surface area (Å²) in [6.07, 6.45) is 3.78. The first-order valence-corrected chi connectivity index (χ1v) is 13.4. The monoisotopic (exact) mass is 512 g/mol. The number of piperidine rings is 1. The van der Waals surface area contributed by atoms with Crippen molar-refractivity contribution in [2.45, 2.75) is 45.8 Å². The van der Waals surface area contributed by atoms with Crippen LogP contribution < -0.4 is 15.4 Å². The number of ether oxygens (including phenoxy) is 2. The van der Waals surface area contributed by atoms with Gasteiger partial charge in [0.15, 0.2) is 0 Å². The lowest BCUT2D eigenvalue weighted by Crippen LogP contribution is -2.41. The number of rotatable bonds is 6. The zero-order valence-corrected chi connectivity index (χ0v) is 22.4. The number of aromatic nitrogens is 3. The molecule has 2 fully saturated rings. The smallest absolute Gasteiger partial charge is 0.236 e. The van der Waals surface area contributed by atoms with Crippen LogP contribution in [-0.4, -0.2) is 77.1 Å². The summed E-state index contributed by atoms with van der Waals surface area (Å²) >= 11 is 1.73. The van der Waals surface area contributed by atoms with E-state index in [-0.39, 0.29) is 0 Å². The molecule has 194 valence electrons. The van der Waals surface area contributed by atoms with Crippen LogP contribution in [0.5, 0.6) is 5.88 Å². The Bertz CT molecular complexity index is 1230. The number of hydrogen-bond donors (Lipinski definition) is 2. The number of thiophene rings is 1. The van der Waals surface area contributed by atoms with Crippen molar-refractivity contribution < 1.29 is 14.6 Å². The standard InChI is InChI=1S/C26H36N6O3S/c1-16-19(15-31-7-5-18(6-8-31)26(2,3)33)22-23(36-16)21(17-13-20(27)24(34-4)28-14-17)29-25(30-22)32-9-11-35-12-10-32/h13-14,18,33H,5-12,15,27H2,1-4H3. The summed E-state index contributed by atoms with van der Waals surface area (Å²) in [4.78, 5) is 20.5. The second kappa shape index (κ2) is 10.1. The highest BCUT2D eigenvalue weighted by molar-refractivity contribution is 7.19. The van der Waals surface area contributed by atoms with Gasteiger partial charge in [-0.1, -0.05) is 0 Å². The number of aryl methyl sites for hydroxylation is 1. The van der Waals surface area contributed by atoms with Crippen molar-refractivity contribution in [1.29, 1.82) is 0 Å². The maximum atomic E-state index is 10.4. The molecule has 5 rings (SSSR count). The minimum Gasteiger partial charge on any atom is -0.480 e. The summed E-state index contributed by atoms with van der Waals surface area (Å²) in [5.74, 6) is 1.47. The van der Waals surface area contributed by atoms with E-state index < -0.39 is 5.60 Å². The minimum absolute atomic E-state index is 0.337. The highest BCUT2D eigenvalue weighted by Crippen LogP contribution is 2.39. The Balaban J connectivity index is 1.54. The Hall–Kier alpha value is -2.53. The van der Waals surface area contributed by atoms with Crippen molar-refractivity contribution in [3.05, 3.63) is 22.7 Å². The molecule has 2 aliphatic rings. The van der Waals surface area contributed by atoms with Crippen LogP contribution in [0.1, 0.15) is 37.1 Å². The number of nitrogens with zero attached hydrogens (tertiary/aromatic N) is 5. The number of morpholine rings is 1. The third kappa shape index (κ3) is 5.00. The number of nitrogen functional groups attached to an aromatic ring is 1. The number of likely N-dealkylation sites (tertiary alicyclic amines) is 1. The van der Waals surface area contributed by atoms with Crippen molar-refractivity contribution in [2.24, 2.45) is 5.92 Å².